The van der Waals surface area contributed by atoms with E-state index in [1.165, 1.54) is 18.5 Å². The van der Waals surface area contributed by atoms with Crippen LogP contribution in [0.15, 0.2) is 70.6 Å². The van der Waals surface area contributed by atoms with Gasteiger partial charge in [-0.1, -0.05) is 28.1 Å². The van der Waals surface area contributed by atoms with Crippen molar-refractivity contribution in [1.82, 2.24) is 24.8 Å². The van der Waals surface area contributed by atoms with Crippen LogP contribution in [-0.4, -0.2) is 35.6 Å². The molecular weight excluding hydrogens is 446 g/mol. The SMILES string of the molecule is O=C(CCNS(=O)(=O)c1ccc(Br)cc1)NCc1ccc(-n2cncn2)cc1. The van der Waals surface area contributed by atoms with Crippen molar-refractivity contribution in [1.29, 1.82) is 0 Å². The zero-order valence-corrected chi connectivity index (χ0v) is 17.1. The average molecular weight is 464 g/mol. The molecule has 10 heteroatoms. The summed E-state index contributed by atoms with van der Waals surface area (Å²) in [6.45, 7) is 0.380. The molecule has 0 unspecified atom stereocenters. The lowest BCUT2D eigenvalue weighted by atomic mass is 10.2. The average Bonchev–Trinajstić information content (AvgIpc) is 3.22. The maximum absolute atomic E-state index is 12.2. The van der Waals surface area contributed by atoms with Gasteiger partial charge in [0.1, 0.15) is 12.7 Å². The molecule has 0 saturated heterocycles. The van der Waals surface area contributed by atoms with Gasteiger partial charge in [-0.2, -0.15) is 5.10 Å². The molecule has 28 heavy (non-hydrogen) atoms. The van der Waals surface area contributed by atoms with Gasteiger partial charge in [0.25, 0.3) is 0 Å². The van der Waals surface area contributed by atoms with Gasteiger partial charge in [-0.3, -0.25) is 4.79 Å². The largest absolute Gasteiger partial charge is 0.352 e. The molecule has 1 amide bonds. The van der Waals surface area contributed by atoms with E-state index in [4.69, 9.17) is 0 Å². The second kappa shape index (κ2) is 9.09. The minimum atomic E-state index is -3.63. The van der Waals surface area contributed by atoms with E-state index in [2.05, 4.69) is 36.1 Å². The van der Waals surface area contributed by atoms with Crippen molar-refractivity contribution in [2.75, 3.05) is 6.54 Å². The zero-order chi connectivity index (χ0) is 20.0. The summed E-state index contributed by atoms with van der Waals surface area (Å²) in [5.74, 6) is -0.237. The first-order valence-corrected chi connectivity index (χ1v) is 10.7. The molecule has 0 saturated carbocycles. The molecule has 1 heterocycles. The Morgan fingerprint density at radius 2 is 1.79 bits per heavy atom. The summed E-state index contributed by atoms with van der Waals surface area (Å²) in [5.41, 5.74) is 1.79. The Hall–Kier alpha value is -2.56. The first-order valence-electron chi connectivity index (χ1n) is 8.40. The van der Waals surface area contributed by atoms with Gasteiger partial charge in [-0.25, -0.2) is 22.8 Å². The Bertz CT molecular complexity index is 1020. The van der Waals surface area contributed by atoms with Gasteiger partial charge in [-0.15, -0.1) is 0 Å². The van der Waals surface area contributed by atoms with Crippen molar-refractivity contribution in [3.8, 4) is 5.69 Å². The quantitative estimate of drug-likeness (QED) is 0.531. The van der Waals surface area contributed by atoms with E-state index in [0.29, 0.717) is 6.54 Å². The lowest BCUT2D eigenvalue weighted by molar-refractivity contribution is -0.121. The Balaban J connectivity index is 1.44. The molecular formula is C18H18BrN5O3S. The highest BCUT2D eigenvalue weighted by Crippen LogP contribution is 2.14. The van der Waals surface area contributed by atoms with Crippen LogP contribution in [0.3, 0.4) is 0 Å². The van der Waals surface area contributed by atoms with Gasteiger partial charge in [0.2, 0.25) is 15.9 Å². The summed E-state index contributed by atoms with van der Waals surface area (Å²) in [6.07, 6.45) is 3.11. The second-order valence-electron chi connectivity index (χ2n) is 5.88. The molecule has 8 nitrogen and oxygen atoms in total. The van der Waals surface area contributed by atoms with Crippen molar-refractivity contribution < 1.29 is 13.2 Å². The number of hydrogen-bond acceptors (Lipinski definition) is 5. The predicted octanol–water partition coefficient (Wildman–Crippen LogP) is 2.01. The topological polar surface area (TPSA) is 106 Å². The van der Waals surface area contributed by atoms with E-state index in [0.717, 1.165) is 15.7 Å². The summed E-state index contributed by atoms with van der Waals surface area (Å²) >= 11 is 3.26. The first-order chi connectivity index (χ1) is 13.4. The van der Waals surface area contributed by atoms with Gasteiger partial charge in [-0.05, 0) is 42.0 Å². The summed E-state index contributed by atoms with van der Waals surface area (Å²) in [5, 5.41) is 6.82. The molecule has 0 atom stereocenters. The molecule has 1 aromatic heterocycles. The van der Waals surface area contributed by atoms with E-state index in [1.807, 2.05) is 24.3 Å². The van der Waals surface area contributed by atoms with Crippen LogP contribution in [0.2, 0.25) is 0 Å². The Morgan fingerprint density at radius 1 is 1.07 bits per heavy atom. The van der Waals surface area contributed by atoms with E-state index in [1.54, 1.807) is 23.1 Å². The molecule has 0 aliphatic rings. The summed E-state index contributed by atoms with van der Waals surface area (Å²) in [4.78, 5) is 16.0. The van der Waals surface area contributed by atoms with Crippen LogP contribution in [0.4, 0.5) is 0 Å². The van der Waals surface area contributed by atoms with Crippen LogP contribution in [0, 0.1) is 0 Å². The monoisotopic (exact) mass is 463 g/mol. The van der Waals surface area contributed by atoms with E-state index in [9.17, 15) is 13.2 Å². The molecule has 0 spiro atoms. The van der Waals surface area contributed by atoms with Gasteiger partial charge < -0.3 is 5.32 Å². The number of carbonyl (C=O) groups is 1. The fourth-order valence-corrected chi connectivity index (χ4v) is 3.69. The molecule has 0 radical (unpaired) electrons. The van der Waals surface area contributed by atoms with Gasteiger partial charge >= 0.3 is 0 Å². The number of carbonyl (C=O) groups excluding carboxylic acids is 1. The number of nitrogens with zero attached hydrogens (tertiary/aromatic N) is 3. The Kier molecular flexibility index (Phi) is 6.55. The maximum atomic E-state index is 12.2. The molecule has 0 bridgehead atoms. The second-order valence-corrected chi connectivity index (χ2v) is 8.57. The zero-order valence-electron chi connectivity index (χ0n) is 14.7. The fraction of sp³-hybridized carbons (Fsp3) is 0.167. The number of halogens is 1. The number of hydrogen-bond donors (Lipinski definition) is 2. The molecule has 0 aliphatic heterocycles. The number of rotatable bonds is 8. The number of sulfonamides is 1. The van der Waals surface area contributed by atoms with E-state index < -0.39 is 10.0 Å². The van der Waals surface area contributed by atoms with E-state index >= 15 is 0 Å². The van der Waals surface area contributed by atoms with Crippen LogP contribution in [-0.2, 0) is 21.4 Å². The standard InChI is InChI=1S/C18H18BrN5O3S/c19-15-3-7-17(8-4-15)28(26,27)23-10-9-18(25)21-11-14-1-5-16(6-2-14)24-13-20-12-22-24/h1-8,12-13,23H,9-11H2,(H,21,25). The summed E-state index contributed by atoms with van der Waals surface area (Å²) in [6, 6.07) is 13.8. The Morgan fingerprint density at radius 3 is 2.43 bits per heavy atom. The minimum Gasteiger partial charge on any atom is -0.352 e. The molecule has 2 N–H and O–H groups in total. The molecule has 0 fully saturated rings. The highest BCUT2D eigenvalue weighted by molar-refractivity contribution is 9.10. The van der Waals surface area contributed by atoms with Crippen LogP contribution < -0.4 is 10.0 Å². The predicted molar refractivity (Wildman–Crippen MR) is 107 cm³/mol. The van der Waals surface area contributed by atoms with Crippen molar-refractivity contribution in [3.63, 3.8) is 0 Å². The third-order valence-electron chi connectivity index (χ3n) is 3.88. The molecule has 146 valence electrons. The molecule has 3 rings (SSSR count). The van der Waals surface area contributed by atoms with Crippen molar-refractivity contribution >= 4 is 31.9 Å². The fourth-order valence-electron chi connectivity index (χ4n) is 2.39. The maximum Gasteiger partial charge on any atom is 0.240 e. The third kappa shape index (κ3) is 5.47. The van der Waals surface area contributed by atoms with Crippen molar-refractivity contribution in [3.05, 3.63) is 71.2 Å². The lowest BCUT2D eigenvalue weighted by Crippen LogP contribution is -2.30. The van der Waals surface area contributed by atoms with Gasteiger partial charge in [0.05, 0.1) is 10.6 Å². The molecule has 3 aromatic rings. The number of amides is 1. The smallest absolute Gasteiger partial charge is 0.240 e. The van der Waals surface area contributed by atoms with E-state index in [-0.39, 0.29) is 23.8 Å². The number of benzene rings is 2. The van der Waals surface area contributed by atoms with Crippen LogP contribution in [0.25, 0.3) is 5.69 Å². The lowest BCUT2D eigenvalue weighted by Gasteiger charge is -2.08. The number of nitrogens with one attached hydrogen (secondary N) is 2. The highest BCUT2D eigenvalue weighted by atomic mass is 79.9. The first kappa shape index (κ1) is 20.2. The van der Waals surface area contributed by atoms with Crippen LogP contribution in [0.5, 0.6) is 0 Å². The molecule has 2 aromatic carbocycles. The van der Waals surface area contributed by atoms with Gasteiger partial charge in [0.15, 0.2) is 0 Å². The molecule has 0 aliphatic carbocycles. The van der Waals surface area contributed by atoms with Crippen molar-refractivity contribution in [2.45, 2.75) is 17.9 Å². The van der Waals surface area contributed by atoms with Crippen LogP contribution >= 0.6 is 15.9 Å². The van der Waals surface area contributed by atoms with Gasteiger partial charge in [0, 0.05) is 24.0 Å². The van der Waals surface area contributed by atoms with Crippen LogP contribution in [0.1, 0.15) is 12.0 Å². The minimum absolute atomic E-state index is 0.0233. The third-order valence-corrected chi connectivity index (χ3v) is 5.88. The normalized spacial score (nSPS) is 11.3. The Labute approximate surface area is 171 Å². The van der Waals surface area contributed by atoms with Crippen molar-refractivity contribution in [2.24, 2.45) is 0 Å². The number of aromatic nitrogens is 3. The summed E-state index contributed by atoms with van der Waals surface area (Å²) < 4.78 is 29.2. The summed E-state index contributed by atoms with van der Waals surface area (Å²) in [7, 11) is -3.63. The highest BCUT2D eigenvalue weighted by Gasteiger charge is 2.13.